The molecule has 1 unspecified atom stereocenters. The summed E-state index contributed by atoms with van der Waals surface area (Å²) in [7, 11) is 3.23. The Morgan fingerprint density at radius 3 is 1.79 bits per heavy atom. The summed E-state index contributed by atoms with van der Waals surface area (Å²) in [5.41, 5.74) is 3.48. The van der Waals surface area contributed by atoms with Crippen molar-refractivity contribution in [1.29, 1.82) is 0 Å². The third-order valence-electron chi connectivity index (χ3n) is 6.23. The average Bonchev–Trinajstić information content (AvgIpc) is 2.86. The van der Waals surface area contributed by atoms with Crippen LogP contribution < -0.4 is 9.47 Å². The first kappa shape index (κ1) is 25.1. The number of aliphatic hydroxyl groups is 1. The number of hydrogen-bond acceptors (Lipinski definition) is 5. The van der Waals surface area contributed by atoms with E-state index in [1.165, 1.54) is 11.1 Å². The lowest BCUT2D eigenvalue weighted by atomic mass is 9.96. The Balaban J connectivity index is 0.00000306. The lowest BCUT2D eigenvalue weighted by molar-refractivity contribution is 0.0622. The third kappa shape index (κ3) is 6.06. The summed E-state index contributed by atoms with van der Waals surface area (Å²) in [5.74, 6) is 1.31. The van der Waals surface area contributed by atoms with Crippen LogP contribution in [-0.2, 0) is 0 Å². The SMILES string of the molecule is COc1ccc(C(O)CN2CCN(C(c3ccccc3)c3ccccc3)CC2)cc1OC.Cl. The van der Waals surface area contributed by atoms with E-state index in [9.17, 15) is 5.11 Å². The lowest BCUT2D eigenvalue weighted by Gasteiger charge is -2.40. The first-order chi connectivity index (χ1) is 15.7. The molecule has 0 radical (unpaired) electrons. The number of halogens is 1. The minimum Gasteiger partial charge on any atom is -0.493 e. The molecule has 0 bridgehead atoms. The van der Waals surface area contributed by atoms with Crippen LogP contribution in [0.25, 0.3) is 0 Å². The summed E-state index contributed by atoms with van der Waals surface area (Å²) in [4.78, 5) is 4.88. The number of methoxy groups -OCH3 is 2. The van der Waals surface area contributed by atoms with Gasteiger partial charge >= 0.3 is 0 Å². The number of aliphatic hydroxyl groups excluding tert-OH is 1. The highest BCUT2D eigenvalue weighted by Gasteiger charge is 2.27. The van der Waals surface area contributed by atoms with E-state index in [-0.39, 0.29) is 18.4 Å². The second-order valence-corrected chi connectivity index (χ2v) is 8.19. The van der Waals surface area contributed by atoms with E-state index >= 15 is 0 Å². The van der Waals surface area contributed by atoms with E-state index in [0.29, 0.717) is 18.0 Å². The Hall–Kier alpha value is -2.57. The zero-order valence-corrected chi connectivity index (χ0v) is 20.1. The highest BCUT2D eigenvalue weighted by Crippen LogP contribution is 2.32. The van der Waals surface area contributed by atoms with Gasteiger partial charge in [-0.05, 0) is 28.8 Å². The van der Waals surface area contributed by atoms with Crippen LogP contribution in [0.2, 0.25) is 0 Å². The van der Waals surface area contributed by atoms with Crippen LogP contribution in [0, 0.1) is 0 Å². The number of hydrogen-bond donors (Lipinski definition) is 1. The standard InChI is InChI=1S/C27H32N2O3.ClH/c1-31-25-14-13-23(19-26(25)32-2)24(30)20-28-15-17-29(18-16-28)27(21-9-5-3-6-10-21)22-11-7-4-8-12-22;/h3-14,19,24,27,30H,15-18,20H2,1-2H3;1H. The normalized spacial score (nSPS) is 15.6. The van der Waals surface area contributed by atoms with Gasteiger partial charge in [0.1, 0.15) is 0 Å². The van der Waals surface area contributed by atoms with Crippen molar-refractivity contribution in [3.8, 4) is 11.5 Å². The molecule has 0 spiro atoms. The Morgan fingerprint density at radius 2 is 1.27 bits per heavy atom. The maximum absolute atomic E-state index is 10.8. The van der Waals surface area contributed by atoms with E-state index in [2.05, 4.69) is 70.5 Å². The minimum atomic E-state index is -0.569. The molecule has 0 aromatic heterocycles. The minimum absolute atomic E-state index is 0. The first-order valence-corrected chi connectivity index (χ1v) is 11.2. The van der Waals surface area contributed by atoms with Crippen molar-refractivity contribution in [2.75, 3.05) is 46.9 Å². The van der Waals surface area contributed by atoms with Gasteiger partial charge in [0.2, 0.25) is 0 Å². The molecule has 3 aromatic rings. The number of benzene rings is 3. The van der Waals surface area contributed by atoms with Crippen LogP contribution in [0.1, 0.15) is 28.8 Å². The zero-order chi connectivity index (χ0) is 22.3. The molecule has 0 aliphatic carbocycles. The monoisotopic (exact) mass is 468 g/mol. The van der Waals surface area contributed by atoms with Gasteiger partial charge in [-0.3, -0.25) is 9.80 Å². The summed E-state index contributed by atoms with van der Waals surface area (Å²) in [6.07, 6.45) is -0.569. The van der Waals surface area contributed by atoms with E-state index in [1.54, 1.807) is 14.2 Å². The smallest absolute Gasteiger partial charge is 0.161 e. The Morgan fingerprint density at radius 1 is 0.727 bits per heavy atom. The molecule has 1 heterocycles. The van der Waals surface area contributed by atoms with Gasteiger partial charge in [-0.2, -0.15) is 0 Å². The molecule has 1 saturated heterocycles. The molecule has 1 aliphatic rings. The van der Waals surface area contributed by atoms with Crippen LogP contribution in [0.3, 0.4) is 0 Å². The summed E-state index contributed by atoms with van der Waals surface area (Å²) < 4.78 is 10.7. The molecule has 33 heavy (non-hydrogen) atoms. The lowest BCUT2D eigenvalue weighted by Crippen LogP contribution is -2.48. The van der Waals surface area contributed by atoms with E-state index in [0.717, 1.165) is 31.7 Å². The van der Waals surface area contributed by atoms with Gasteiger partial charge in [0, 0.05) is 32.7 Å². The quantitative estimate of drug-likeness (QED) is 0.524. The van der Waals surface area contributed by atoms with Crippen molar-refractivity contribution in [3.05, 3.63) is 95.6 Å². The molecule has 176 valence electrons. The Labute approximate surface area is 203 Å². The molecule has 4 rings (SSSR count). The van der Waals surface area contributed by atoms with Crippen molar-refractivity contribution < 1.29 is 14.6 Å². The molecule has 0 amide bonds. The molecule has 1 fully saturated rings. The summed E-state index contributed by atoms with van der Waals surface area (Å²) in [5, 5.41) is 10.8. The van der Waals surface area contributed by atoms with Crippen molar-refractivity contribution in [1.82, 2.24) is 9.80 Å². The number of rotatable bonds is 8. The van der Waals surface area contributed by atoms with Crippen LogP contribution in [0.5, 0.6) is 11.5 Å². The largest absolute Gasteiger partial charge is 0.493 e. The number of nitrogens with zero attached hydrogens (tertiary/aromatic N) is 2. The van der Waals surface area contributed by atoms with Gasteiger partial charge in [-0.1, -0.05) is 66.7 Å². The average molecular weight is 469 g/mol. The molecular weight excluding hydrogens is 436 g/mol. The highest BCUT2D eigenvalue weighted by molar-refractivity contribution is 5.85. The highest BCUT2D eigenvalue weighted by atomic mass is 35.5. The Bertz CT molecular complexity index is 940. The van der Waals surface area contributed by atoms with Gasteiger partial charge in [-0.25, -0.2) is 0 Å². The second-order valence-electron chi connectivity index (χ2n) is 8.19. The number of piperazine rings is 1. The molecule has 3 aromatic carbocycles. The van der Waals surface area contributed by atoms with E-state index in [4.69, 9.17) is 9.47 Å². The molecule has 0 saturated carbocycles. The maximum atomic E-state index is 10.8. The summed E-state index contributed by atoms with van der Waals surface area (Å²) >= 11 is 0. The fourth-order valence-corrected chi connectivity index (χ4v) is 4.50. The molecule has 5 nitrogen and oxygen atoms in total. The topological polar surface area (TPSA) is 45.2 Å². The first-order valence-electron chi connectivity index (χ1n) is 11.2. The molecule has 1 atom stereocenters. The number of β-amino-alcohol motifs (C(OH)–C–C–N with tert-alkyl or cyclic N) is 1. The van der Waals surface area contributed by atoms with Crippen molar-refractivity contribution in [2.45, 2.75) is 12.1 Å². The molecular formula is C27H33ClN2O3. The second kappa shape index (κ2) is 12.1. The molecule has 6 heteroatoms. The predicted octanol–water partition coefficient (Wildman–Crippen LogP) is 4.57. The van der Waals surface area contributed by atoms with Crippen molar-refractivity contribution >= 4 is 12.4 Å². The van der Waals surface area contributed by atoms with Gasteiger partial charge in [-0.15, -0.1) is 12.4 Å². The van der Waals surface area contributed by atoms with E-state index < -0.39 is 6.10 Å². The predicted molar refractivity (Wildman–Crippen MR) is 134 cm³/mol. The third-order valence-corrected chi connectivity index (χ3v) is 6.23. The van der Waals surface area contributed by atoms with Gasteiger partial charge in [0.25, 0.3) is 0 Å². The summed E-state index contributed by atoms with van der Waals surface area (Å²) in [6.45, 7) is 4.34. The fourth-order valence-electron chi connectivity index (χ4n) is 4.50. The van der Waals surface area contributed by atoms with Crippen LogP contribution in [0.4, 0.5) is 0 Å². The maximum Gasteiger partial charge on any atom is 0.161 e. The van der Waals surface area contributed by atoms with Crippen LogP contribution in [0.15, 0.2) is 78.9 Å². The van der Waals surface area contributed by atoms with Crippen molar-refractivity contribution in [3.63, 3.8) is 0 Å². The summed E-state index contributed by atoms with van der Waals surface area (Å²) in [6, 6.07) is 27.3. The van der Waals surface area contributed by atoms with Crippen molar-refractivity contribution in [2.24, 2.45) is 0 Å². The van der Waals surface area contributed by atoms with Gasteiger partial charge in [0.15, 0.2) is 11.5 Å². The van der Waals surface area contributed by atoms with Crippen LogP contribution >= 0.6 is 12.4 Å². The number of ether oxygens (including phenoxy) is 2. The zero-order valence-electron chi connectivity index (χ0n) is 19.3. The fraction of sp³-hybridized carbons (Fsp3) is 0.333. The van der Waals surface area contributed by atoms with Gasteiger partial charge in [0.05, 0.1) is 26.4 Å². The van der Waals surface area contributed by atoms with Crippen LogP contribution in [-0.4, -0.2) is 61.8 Å². The van der Waals surface area contributed by atoms with Gasteiger partial charge < -0.3 is 14.6 Å². The van der Waals surface area contributed by atoms with E-state index in [1.807, 2.05) is 18.2 Å². The molecule has 1 aliphatic heterocycles. The Kier molecular flexibility index (Phi) is 9.15. The molecule has 1 N–H and O–H groups in total.